The summed E-state index contributed by atoms with van der Waals surface area (Å²) in [5.41, 5.74) is 7.53. The number of benzene rings is 1. The van der Waals surface area contributed by atoms with Gasteiger partial charge < -0.3 is 11.1 Å². The second-order valence-electron chi connectivity index (χ2n) is 4.51. The van der Waals surface area contributed by atoms with Gasteiger partial charge in [0.2, 0.25) is 11.9 Å². The van der Waals surface area contributed by atoms with Crippen molar-refractivity contribution in [1.29, 1.82) is 0 Å². The van der Waals surface area contributed by atoms with Gasteiger partial charge in [0.15, 0.2) is 0 Å². The zero-order valence-electron chi connectivity index (χ0n) is 10.7. The van der Waals surface area contributed by atoms with Crippen molar-refractivity contribution in [3.05, 3.63) is 52.4 Å². The third-order valence-corrected chi connectivity index (χ3v) is 3.50. The Kier molecular flexibility index (Phi) is 2.94. The van der Waals surface area contributed by atoms with Gasteiger partial charge in [0.05, 0.1) is 5.57 Å². The summed E-state index contributed by atoms with van der Waals surface area (Å²) in [5, 5.41) is 7.82. The molecule has 0 spiro atoms. The molecule has 20 heavy (non-hydrogen) atoms. The number of rotatable bonds is 2. The van der Waals surface area contributed by atoms with E-state index in [2.05, 4.69) is 15.4 Å². The van der Waals surface area contributed by atoms with Gasteiger partial charge in [-0.2, -0.15) is 10.1 Å². The molecule has 0 saturated heterocycles. The molecule has 0 saturated carbocycles. The number of anilines is 1. The lowest BCUT2D eigenvalue weighted by atomic mass is 9.95. The second kappa shape index (κ2) is 4.64. The number of carbonyl (C=O) groups excluding carboxylic acids is 1. The Balaban J connectivity index is 2.19. The van der Waals surface area contributed by atoms with Crippen LogP contribution in [0.2, 0.25) is 5.02 Å². The lowest BCUT2D eigenvalue weighted by Crippen LogP contribution is -2.31. The minimum absolute atomic E-state index is 0.400. The van der Waals surface area contributed by atoms with E-state index in [1.54, 1.807) is 23.7 Å². The Morgan fingerprint density at radius 1 is 1.40 bits per heavy atom. The summed E-state index contributed by atoms with van der Waals surface area (Å²) in [6, 6.07) is 6.83. The molecule has 2 heterocycles. The number of hydrogen-bond donors (Lipinski definition) is 2. The molecule has 0 fully saturated rings. The molecular weight excluding hydrogens is 278 g/mol. The van der Waals surface area contributed by atoms with Gasteiger partial charge in [0, 0.05) is 10.7 Å². The summed E-state index contributed by atoms with van der Waals surface area (Å²) in [5.74, 6) is 0.0866. The molecule has 0 aliphatic carbocycles. The van der Waals surface area contributed by atoms with Crippen molar-refractivity contribution >= 4 is 23.5 Å². The summed E-state index contributed by atoms with van der Waals surface area (Å²) >= 11 is 5.91. The Morgan fingerprint density at radius 3 is 2.75 bits per heavy atom. The fourth-order valence-electron chi connectivity index (χ4n) is 2.36. The van der Waals surface area contributed by atoms with E-state index in [0.717, 1.165) is 5.56 Å². The molecular formula is C13H12ClN5O. The van der Waals surface area contributed by atoms with Gasteiger partial charge in [-0.25, -0.2) is 4.68 Å². The molecule has 2 aromatic rings. The second-order valence-corrected chi connectivity index (χ2v) is 4.95. The average molecular weight is 290 g/mol. The molecule has 3 rings (SSSR count). The SMILES string of the molecule is CC1=C(C(N)=O)C(c2ccc(Cl)cc2)n2ncnc2N1. The largest absolute Gasteiger partial charge is 0.366 e. The van der Waals surface area contributed by atoms with Gasteiger partial charge in [-0.3, -0.25) is 4.79 Å². The molecule has 0 bridgehead atoms. The Bertz CT molecular complexity index is 704. The number of hydrogen-bond acceptors (Lipinski definition) is 4. The van der Waals surface area contributed by atoms with Crippen LogP contribution < -0.4 is 11.1 Å². The minimum Gasteiger partial charge on any atom is -0.366 e. The third kappa shape index (κ3) is 1.94. The smallest absolute Gasteiger partial charge is 0.248 e. The van der Waals surface area contributed by atoms with E-state index in [1.807, 2.05) is 12.1 Å². The zero-order valence-corrected chi connectivity index (χ0v) is 11.4. The highest BCUT2D eigenvalue weighted by atomic mass is 35.5. The fraction of sp³-hybridized carbons (Fsp3) is 0.154. The van der Waals surface area contributed by atoms with E-state index < -0.39 is 11.9 Å². The van der Waals surface area contributed by atoms with Crippen molar-refractivity contribution in [3.63, 3.8) is 0 Å². The predicted octanol–water partition coefficient (Wildman–Crippen LogP) is 1.71. The number of primary amides is 1. The van der Waals surface area contributed by atoms with Crippen LogP contribution in [0.3, 0.4) is 0 Å². The monoisotopic (exact) mass is 289 g/mol. The number of nitrogens with one attached hydrogen (secondary N) is 1. The number of amides is 1. The molecule has 102 valence electrons. The number of aromatic nitrogens is 3. The summed E-state index contributed by atoms with van der Waals surface area (Å²) in [7, 11) is 0. The zero-order chi connectivity index (χ0) is 14.3. The van der Waals surface area contributed by atoms with Gasteiger partial charge in [-0.1, -0.05) is 23.7 Å². The maximum atomic E-state index is 11.8. The van der Waals surface area contributed by atoms with E-state index in [-0.39, 0.29) is 0 Å². The highest BCUT2D eigenvalue weighted by molar-refractivity contribution is 6.30. The van der Waals surface area contributed by atoms with Crippen LogP contribution in [0.5, 0.6) is 0 Å². The molecule has 1 amide bonds. The van der Waals surface area contributed by atoms with Crippen LogP contribution >= 0.6 is 11.6 Å². The van der Waals surface area contributed by atoms with E-state index in [4.69, 9.17) is 17.3 Å². The van der Waals surface area contributed by atoms with Crippen LogP contribution in [0.25, 0.3) is 0 Å². The standard InChI is InChI=1S/C13H12ClN5O/c1-7-10(12(15)20)11(8-2-4-9(14)5-3-8)19-13(18-7)16-6-17-19/h2-6,11H,1H3,(H2,15,20)(H,16,17,18). The van der Waals surface area contributed by atoms with Crippen molar-refractivity contribution in [1.82, 2.24) is 14.8 Å². The maximum absolute atomic E-state index is 11.8. The topological polar surface area (TPSA) is 85.8 Å². The van der Waals surface area contributed by atoms with E-state index in [9.17, 15) is 4.79 Å². The van der Waals surface area contributed by atoms with Crippen molar-refractivity contribution < 1.29 is 4.79 Å². The van der Waals surface area contributed by atoms with Crippen LogP contribution in [0.15, 0.2) is 41.9 Å². The number of nitrogens with two attached hydrogens (primary N) is 1. The maximum Gasteiger partial charge on any atom is 0.248 e. The van der Waals surface area contributed by atoms with Gasteiger partial charge in [-0.05, 0) is 24.6 Å². The molecule has 0 radical (unpaired) electrons. The molecule has 1 unspecified atom stereocenters. The number of fused-ring (bicyclic) bond motifs is 1. The first kappa shape index (κ1) is 12.7. The van der Waals surface area contributed by atoms with E-state index >= 15 is 0 Å². The van der Waals surface area contributed by atoms with Crippen molar-refractivity contribution in [2.45, 2.75) is 13.0 Å². The molecule has 1 aromatic heterocycles. The predicted molar refractivity (Wildman–Crippen MR) is 75.1 cm³/mol. The lowest BCUT2D eigenvalue weighted by Gasteiger charge is -2.27. The fourth-order valence-corrected chi connectivity index (χ4v) is 2.49. The molecule has 6 nitrogen and oxygen atoms in total. The number of carbonyl (C=O) groups is 1. The highest BCUT2D eigenvalue weighted by Crippen LogP contribution is 2.34. The highest BCUT2D eigenvalue weighted by Gasteiger charge is 2.31. The summed E-state index contributed by atoms with van der Waals surface area (Å²) in [6.07, 6.45) is 1.43. The number of nitrogens with zero attached hydrogens (tertiary/aromatic N) is 3. The molecule has 1 aliphatic rings. The molecule has 3 N–H and O–H groups in total. The van der Waals surface area contributed by atoms with Gasteiger partial charge in [0.1, 0.15) is 12.4 Å². The number of allylic oxidation sites excluding steroid dienone is 1. The first-order valence-corrected chi connectivity index (χ1v) is 6.38. The normalized spacial score (nSPS) is 17.6. The van der Waals surface area contributed by atoms with Crippen molar-refractivity contribution in [2.24, 2.45) is 5.73 Å². The minimum atomic E-state index is -0.490. The van der Waals surface area contributed by atoms with Crippen LogP contribution in [0, 0.1) is 0 Å². The third-order valence-electron chi connectivity index (χ3n) is 3.25. The van der Waals surface area contributed by atoms with Crippen molar-refractivity contribution in [3.8, 4) is 0 Å². The van der Waals surface area contributed by atoms with E-state index in [1.165, 1.54) is 6.33 Å². The molecule has 1 atom stereocenters. The first-order valence-electron chi connectivity index (χ1n) is 6.00. The van der Waals surface area contributed by atoms with Crippen LogP contribution in [-0.4, -0.2) is 20.7 Å². The summed E-state index contributed by atoms with van der Waals surface area (Å²) in [6.45, 7) is 1.79. The van der Waals surface area contributed by atoms with Gasteiger partial charge in [-0.15, -0.1) is 0 Å². The summed E-state index contributed by atoms with van der Waals surface area (Å²) < 4.78 is 1.64. The average Bonchev–Trinajstić information content (AvgIpc) is 2.85. The van der Waals surface area contributed by atoms with Crippen molar-refractivity contribution in [2.75, 3.05) is 5.32 Å². The Morgan fingerprint density at radius 2 is 2.10 bits per heavy atom. The van der Waals surface area contributed by atoms with Gasteiger partial charge >= 0.3 is 0 Å². The Labute approximate surface area is 120 Å². The lowest BCUT2D eigenvalue weighted by molar-refractivity contribution is -0.115. The van der Waals surface area contributed by atoms with Crippen LogP contribution in [-0.2, 0) is 4.79 Å². The van der Waals surface area contributed by atoms with E-state index in [0.29, 0.717) is 22.2 Å². The van der Waals surface area contributed by atoms with Crippen LogP contribution in [0.1, 0.15) is 18.5 Å². The molecule has 1 aliphatic heterocycles. The molecule has 1 aromatic carbocycles. The number of halogens is 1. The quantitative estimate of drug-likeness (QED) is 0.881. The van der Waals surface area contributed by atoms with Crippen LogP contribution in [0.4, 0.5) is 5.95 Å². The van der Waals surface area contributed by atoms with Gasteiger partial charge in [0.25, 0.3) is 0 Å². The molecule has 7 heteroatoms. The summed E-state index contributed by atoms with van der Waals surface area (Å²) in [4.78, 5) is 15.9. The first-order chi connectivity index (χ1) is 9.58. The Hall–Kier alpha value is -2.34.